The van der Waals surface area contributed by atoms with Gasteiger partial charge < -0.3 is 10.2 Å². The van der Waals surface area contributed by atoms with E-state index in [2.05, 4.69) is 34.3 Å². The molecule has 1 rings (SSSR count). The number of amides is 1. The summed E-state index contributed by atoms with van der Waals surface area (Å²) in [5, 5.41) is 13.3. The SMILES string of the molecule is CCCNc1nnc(CN(CCC)CC(=O)N(C)C)s1. The maximum Gasteiger partial charge on any atom is 0.236 e. The molecule has 0 aliphatic heterocycles. The minimum absolute atomic E-state index is 0.118. The van der Waals surface area contributed by atoms with Gasteiger partial charge in [0.2, 0.25) is 11.0 Å². The molecule has 0 aliphatic carbocycles. The van der Waals surface area contributed by atoms with Gasteiger partial charge in [-0.15, -0.1) is 10.2 Å². The molecule has 0 unspecified atom stereocenters. The second-order valence-electron chi connectivity index (χ2n) is 4.93. The molecule has 0 saturated heterocycles. The number of hydrogen-bond acceptors (Lipinski definition) is 6. The van der Waals surface area contributed by atoms with E-state index in [4.69, 9.17) is 0 Å². The van der Waals surface area contributed by atoms with E-state index in [0.717, 1.165) is 36.1 Å². The van der Waals surface area contributed by atoms with Crippen molar-refractivity contribution in [3.8, 4) is 0 Å². The highest BCUT2D eigenvalue weighted by Crippen LogP contribution is 2.17. The molecule has 7 heteroatoms. The molecule has 1 aromatic heterocycles. The van der Waals surface area contributed by atoms with Crippen LogP contribution in [0, 0.1) is 0 Å². The summed E-state index contributed by atoms with van der Waals surface area (Å²) in [4.78, 5) is 15.5. The summed E-state index contributed by atoms with van der Waals surface area (Å²) in [7, 11) is 3.56. The molecule has 1 aromatic rings. The molecular weight excluding hydrogens is 274 g/mol. The van der Waals surface area contributed by atoms with Gasteiger partial charge in [-0.2, -0.15) is 0 Å². The first-order valence-electron chi connectivity index (χ1n) is 7.05. The van der Waals surface area contributed by atoms with Crippen LogP contribution in [0.25, 0.3) is 0 Å². The normalized spacial score (nSPS) is 10.8. The Hall–Kier alpha value is -1.21. The van der Waals surface area contributed by atoms with Crippen LogP contribution < -0.4 is 5.32 Å². The van der Waals surface area contributed by atoms with Gasteiger partial charge in [0.25, 0.3) is 0 Å². The second kappa shape index (κ2) is 8.86. The quantitative estimate of drug-likeness (QED) is 0.751. The zero-order chi connectivity index (χ0) is 15.0. The Morgan fingerprint density at radius 3 is 2.60 bits per heavy atom. The number of hydrogen-bond donors (Lipinski definition) is 1. The molecular formula is C13H25N5OS. The summed E-state index contributed by atoms with van der Waals surface area (Å²) in [5.41, 5.74) is 0. The van der Waals surface area contributed by atoms with Crippen LogP contribution in [-0.4, -0.2) is 59.6 Å². The fraction of sp³-hybridized carbons (Fsp3) is 0.769. The smallest absolute Gasteiger partial charge is 0.236 e. The third-order valence-electron chi connectivity index (χ3n) is 2.75. The number of anilines is 1. The molecule has 1 N–H and O–H groups in total. The standard InChI is InChI=1S/C13H25N5OS/c1-5-7-14-13-16-15-11(20-13)9-18(8-6-2)10-12(19)17(3)4/h5-10H2,1-4H3,(H,14,16). The largest absolute Gasteiger partial charge is 0.360 e. The van der Waals surface area contributed by atoms with Crippen molar-refractivity contribution in [2.75, 3.05) is 39.0 Å². The number of rotatable bonds is 9. The number of nitrogens with zero attached hydrogens (tertiary/aromatic N) is 4. The zero-order valence-corrected chi connectivity index (χ0v) is 13.7. The van der Waals surface area contributed by atoms with E-state index >= 15 is 0 Å². The molecule has 0 saturated carbocycles. The average molecular weight is 299 g/mol. The number of likely N-dealkylation sites (N-methyl/N-ethyl adjacent to an activating group) is 1. The molecule has 0 atom stereocenters. The summed E-state index contributed by atoms with van der Waals surface area (Å²) in [6.45, 7) is 7.13. The van der Waals surface area contributed by atoms with Crippen molar-refractivity contribution in [3.05, 3.63) is 5.01 Å². The van der Waals surface area contributed by atoms with Gasteiger partial charge in [0, 0.05) is 20.6 Å². The highest BCUT2D eigenvalue weighted by Gasteiger charge is 2.14. The van der Waals surface area contributed by atoms with E-state index in [0.29, 0.717) is 13.1 Å². The van der Waals surface area contributed by atoms with Crippen molar-refractivity contribution in [2.45, 2.75) is 33.2 Å². The van der Waals surface area contributed by atoms with E-state index in [1.807, 2.05) is 0 Å². The van der Waals surface area contributed by atoms with E-state index < -0.39 is 0 Å². The topological polar surface area (TPSA) is 61.4 Å². The van der Waals surface area contributed by atoms with Gasteiger partial charge in [0.1, 0.15) is 5.01 Å². The molecule has 0 bridgehead atoms. The van der Waals surface area contributed by atoms with Crippen molar-refractivity contribution in [1.29, 1.82) is 0 Å². The lowest BCUT2D eigenvalue weighted by Gasteiger charge is -2.21. The highest BCUT2D eigenvalue weighted by atomic mass is 32.1. The van der Waals surface area contributed by atoms with Crippen molar-refractivity contribution in [1.82, 2.24) is 20.0 Å². The third-order valence-corrected chi connectivity index (χ3v) is 3.62. The molecule has 1 heterocycles. The maximum absolute atomic E-state index is 11.8. The third kappa shape index (κ3) is 5.83. The fourth-order valence-corrected chi connectivity index (χ4v) is 2.48. The lowest BCUT2D eigenvalue weighted by Crippen LogP contribution is -2.36. The zero-order valence-electron chi connectivity index (χ0n) is 12.8. The van der Waals surface area contributed by atoms with E-state index in [1.54, 1.807) is 30.3 Å². The molecule has 0 spiro atoms. The number of carbonyl (C=O) groups excluding carboxylic acids is 1. The van der Waals surface area contributed by atoms with Gasteiger partial charge in [-0.3, -0.25) is 9.69 Å². The van der Waals surface area contributed by atoms with Crippen LogP contribution in [0.4, 0.5) is 5.13 Å². The van der Waals surface area contributed by atoms with Crippen molar-refractivity contribution in [3.63, 3.8) is 0 Å². The molecule has 114 valence electrons. The molecule has 6 nitrogen and oxygen atoms in total. The highest BCUT2D eigenvalue weighted by molar-refractivity contribution is 7.15. The van der Waals surface area contributed by atoms with Crippen LogP contribution in [0.5, 0.6) is 0 Å². The molecule has 0 aromatic carbocycles. The van der Waals surface area contributed by atoms with E-state index in [9.17, 15) is 4.79 Å². The van der Waals surface area contributed by atoms with Crippen LogP contribution in [0.3, 0.4) is 0 Å². The monoisotopic (exact) mass is 299 g/mol. The Balaban J connectivity index is 2.56. The Labute approximate surface area is 125 Å². The van der Waals surface area contributed by atoms with Gasteiger partial charge >= 0.3 is 0 Å². The molecule has 20 heavy (non-hydrogen) atoms. The lowest BCUT2D eigenvalue weighted by molar-refractivity contribution is -0.130. The fourth-order valence-electron chi connectivity index (χ4n) is 1.68. The Morgan fingerprint density at radius 2 is 2.00 bits per heavy atom. The lowest BCUT2D eigenvalue weighted by atomic mass is 10.3. The summed E-state index contributed by atoms with van der Waals surface area (Å²) < 4.78 is 0. The Bertz CT molecular complexity index is 407. The first-order chi connectivity index (χ1) is 9.56. The molecule has 0 aliphatic rings. The maximum atomic E-state index is 11.8. The minimum atomic E-state index is 0.118. The first kappa shape index (κ1) is 16.8. The van der Waals surface area contributed by atoms with Gasteiger partial charge in [-0.25, -0.2) is 0 Å². The second-order valence-corrected chi connectivity index (χ2v) is 5.99. The van der Waals surface area contributed by atoms with Gasteiger partial charge in [-0.1, -0.05) is 25.2 Å². The number of aromatic nitrogens is 2. The van der Waals surface area contributed by atoms with Gasteiger partial charge in [0.05, 0.1) is 13.1 Å². The number of carbonyl (C=O) groups is 1. The van der Waals surface area contributed by atoms with Crippen LogP contribution in [0.2, 0.25) is 0 Å². The summed E-state index contributed by atoms with van der Waals surface area (Å²) >= 11 is 1.56. The summed E-state index contributed by atoms with van der Waals surface area (Å²) in [6.07, 6.45) is 2.08. The summed E-state index contributed by atoms with van der Waals surface area (Å²) in [5.74, 6) is 0.118. The van der Waals surface area contributed by atoms with Gasteiger partial charge in [0.15, 0.2) is 0 Å². The Kier molecular flexibility index (Phi) is 7.46. The predicted octanol–water partition coefficient (Wildman–Crippen LogP) is 1.66. The van der Waals surface area contributed by atoms with Gasteiger partial charge in [-0.05, 0) is 19.4 Å². The molecule has 0 radical (unpaired) electrons. The van der Waals surface area contributed by atoms with Crippen LogP contribution in [-0.2, 0) is 11.3 Å². The predicted molar refractivity (Wildman–Crippen MR) is 83.0 cm³/mol. The van der Waals surface area contributed by atoms with Crippen LogP contribution in [0.15, 0.2) is 0 Å². The van der Waals surface area contributed by atoms with Crippen molar-refractivity contribution in [2.24, 2.45) is 0 Å². The van der Waals surface area contributed by atoms with E-state index in [1.165, 1.54) is 0 Å². The molecule has 1 amide bonds. The van der Waals surface area contributed by atoms with Crippen LogP contribution in [0.1, 0.15) is 31.7 Å². The molecule has 0 fully saturated rings. The average Bonchev–Trinajstić information content (AvgIpc) is 2.84. The minimum Gasteiger partial charge on any atom is -0.360 e. The van der Waals surface area contributed by atoms with Crippen molar-refractivity contribution < 1.29 is 4.79 Å². The Morgan fingerprint density at radius 1 is 1.25 bits per heavy atom. The number of nitrogens with one attached hydrogen (secondary N) is 1. The summed E-state index contributed by atoms with van der Waals surface area (Å²) in [6, 6.07) is 0. The first-order valence-corrected chi connectivity index (χ1v) is 7.87. The van der Waals surface area contributed by atoms with Crippen LogP contribution >= 0.6 is 11.3 Å². The van der Waals surface area contributed by atoms with Crippen molar-refractivity contribution >= 4 is 22.4 Å². The van der Waals surface area contributed by atoms with E-state index in [-0.39, 0.29) is 5.91 Å².